The summed E-state index contributed by atoms with van der Waals surface area (Å²) in [7, 11) is -3.57. The molecule has 2 aromatic carbocycles. The number of rotatable bonds is 10. The molecule has 1 aliphatic rings. The van der Waals surface area contributed by atoms with Gasteiger partial charge in [0.1, 0.15) is 11.6 Å². The Balaban J connectivity index is 1.75. The molecule has 1 aliphatic heterocycles. The monoisotopic (exact) mass is 660 g/mol. The number of alkyl halides is 5. The van der Waals surface area contributed by atoms with E-state index in [1.165, 1.54) is 17.2 Å². The highest BCUT2D eigenvalue weighted by Gasteiger charge is 2.34. The van der Waals surface area contributed by atoms with Gasteiger partial charge in [0.25, 0.3) is 10.0 Å². The first-order chi connectivity index (χ1) is 21.1. The van der Waals surface area contributed by atoms with E-state index in [0.29, 0.717) is 16.4 Å². The van der Waals surface area contributed by atoms with Crippen molar-refractivity contribution in [2.75, 3.05) is 42.4 Å². The lowest BCUT2D eigenvalue weighted by molar-refractivity contribution is -0.141. The number of sulfonamides is 1. The number of halogens is 6. The Morgan fingerprint density at radius 3 is 2.33 bits per heavy atom. The second-order valence-corrected chi connectivity index (χ2v) is 11.8. The Hall–Kier alpha value is -4.54. The van der Waals surface area contributed by atoms with Gasteiger partial charge in [-0.25, -0.2) is 17.8 Å². The van der Waals surface area contributed by atoms with Gasteiger partial charge in [0.2, 0.25) is 5.91 Å². The zero-order valence-electron chi connectivity index (χ0n) is 23.5. The van der Waals surface area contributed by atoms with Gasteiger partial charge in [0.05, 0.1) is 22.6 Å². The maximum atomic E-state index is 14.3. The molecule has 4 rings (SSSR count). The molecule has 0 unspecified atom stereocenters. The van der Waals surface area contributed by atoms with Crippen molar-refractivity contribution in [2.24, 2.45) is 0 Å². The Bertz CT molecular complexity index is 1680. The van der Waals surface area contributed by atoms with Crippen molar-refractivity contribution >= 4 is 33.4 Å². The Labute approximate surface area is 253 Å². The molecule has 2 heterocycles. The topological polar surface area (TPSA) is 120 Å². The van der Waals surface area contributed by atoms with Crippen molar-refractivity contribution in [2.45, 2.75) is 30.5 Å². The van der Waals surface area contributed by atoms with Gasteiger partial charge in [-0.05, 0) is 42.0 Å². The van der Waals surface area contributed by atoms with E-state index in [2.05, 4.69) is 9.72 Å². The number of anilines is 2. The number of ether oxygens (including phenoxy) is 1. The molecular formula is C28H26F6N4O6S. The van der Waals surface area contributed by atoms with Crippen molar-refractivity contribution in [3.8, 4) is 16.9 Å². The largest absolute Gasteiger partial charge is 0.481 e. The molecule has 0 atom stereocenters. The molecule has 1 aromatic heterocycles. The van der Waals surface area contributed by atoms with Crippen molar-refractivity contribution in [3.63, 3.8) is 0 Å². The quantitative estimate of drug-likeness (QED) is 0.307. The van der Waals surface area contributed by atoms with Crippen LogP contribution in [0.2, 0.25) is 0 Å². The van der Waals surface area contributed by atoms with Gasteiger partial charge in [0.15, 0.2) is 5.82 Å². The summed E-state index contributed by atoms with van der Waals surface area (Å²) in [5.41, 5.74) is -1.28. The smallest absolute Gasteiger partial charge is 0.416 e. The van der Waals surface area contributed by atoms with E-state index in [1.54, 1.807) is 4.90 Å². The van der Waals surface area contributed by atoms with Gasteiger partial charge in [-0.3, -0.25) is 13.9 Å². The third-order valence-electron chi connectivity index (χ3n) is 6.92. The van der Waals surface area contributed by atoms with Crippen LogP contribution in [0.15, 0.2) is 59.6 Å². The van der Waals surface area contributed by atoms with Crippen molar-refractivity contribution in [1.29, 1.82) is 0 Å². The predicted molar refractivity (Wildman–Crippen MR) is 149 cm³/mol. The lowest BCUT2D eigenvalue weighted by Gasteiger charge is -2.37. The molecule has 242 valence electrons. The van der Waals surface area contributed by atoms with E-state index in [4.69, 9.17) is 5.11 Å². The molecule has 3 aromatic rings. The number of amides is 1. The van der Waals surface area contributed by atoms with Crippen molar-refractivity contribution in [1.82, 2.24) is 9.88 Å². The summed E-state index contributed by atoms with van der Waals surface area (Å²) in [5.74, 6) is -2.93. The number of carboxylic acids is 1. The fraction of sp³-hybridized carbons (Fsp3) is 0.321. The van der Waals surface area contributed by atoms with Crippen LogP contribution >= 0.6 is 0 Å². The number of aliphatic carboxylic acids is 1. The summed E-state index contributed by atoms with van der Waals surface area (Å²) in [5, 5.41) is 8.85. The molecule has 10 nitrogen and oxygen atoms in total. The summed E-state index contributed by atoms with van der Waals surface area (Å²) in [6, 6.07) is 7.16. The van der Waals surface area contributed by atoms with Gasteiger partial charge in [0, 0.05) is 57.5 Å². The molecule has 45 heavy (non-hydrogen) atoms. The Kier molecular flexibility index (Phi) is 9.79. The predicted octanol–water partition coefficient (Wildman–Crippen LogP) is 4.85. The molecular weight excluding hydrogens is 634 g/mol. The first-order valence-corrected chi connectivity index (χ1v) is 14.7. The first-order valence-electron chi connectivity index (χ1n) is 13.2. The summed E-state index contributed by atoms with van der Waals surface area (Å²) >= 11 is 0. The molecule has 0 saturated carbocycles. The minimum Gasteiger partial charge on any atom is -0.481 e. The third kappa shape index (κ3) is 7.95. The number of nitrogens with zero attached hydrogens (tertiary/aromatic N) is 4. The highest BCUT2D eigenvalue weighted by molar-refractivity contribution is 7.92. The van der Waals surface area contributed by atoms with Gasteiger partial charge in [-0.2, -0.15) is 22.0 Å². The minimum atomic E-state index is -4.83. The van der Waals surface area contributed by atoms with Gasteiger partial charge >= 0.3 is 18.8 Å². The number of carboxylic acid groups (broad SMARTS) is 1. The van der Waals surface area contributed by atoms with Crippen LogP contribution in [0.25, 0.3) is 11.1 Å². The Morgan fingerprint density at radius 2 is 1.71 bits per heavy atom. The van der Waals surface area contributed by atoms with Crippen LogP contribution in [0.1, 0.15) is 18.4 Å². The van der Waals surface area contributed by atoms with Crippen LogP contribution in [0.5, 0.6) is 5.75 Å². The summed E-state index contributed by atoms with van der Waals surface area (Å²) in [6.07, 6.45) is -4.16. The SMILES string of the molecule is CN(c1cc(-c2cc(F)cc(OC(F)F)c2)cnc1N1CCN(C(=O)CCC(=O)O)CC1)S(=O)(=O)c1cccc(C(F)(F)F)c1. The second-order valence-electron chi connectivity index (χ2n) is 9.88. The standard InChI is InChI=1S/C28H26F6N4O6S/c1-36(45(42,43)22-4-2-3-19(14-22)28(32,33)34)23-13-18(17-11-20(29)15-21(12-17)44-27(30)31)16-35-26(23)38-9-7-37(8-10-38)24(39)5-6-25(40)41/h2-4,11-16,27H,5-10H2,1H3,(H,40,41). The average molecular weight is 661 g/mol. The number of aromatic nitrogens is 1. The lowest BCUT2D eigenvalue weighted by atomic mass is 10.1. The Morgan fingerprint density at radius 1 is 1.02 bits per heavy atom. The highest BCUT2D eigenvalue weighted by atomic mass is 32.2. The molecule has 1 amide bonds. The van der Waals surface area contributed by atoms with E-state index in [1.807, 2.05) is 0 Å². The van der Waals surface area contributed by atoms with Crippen LogP contribution < -0.4 is 13.9 Å². The summed E-state index contributed by atoms with van der Waals surface area (Å²) in [4.78, 5) is 30.0. The summed E-state index contributed by atoms with van der Waals surface area (Å²) in [6.45, 7) is -2.74. The van der Waals surface area contributed by atoms with E-state index < -0.39 is 56.7 Å². The van der Waals surface area contributed by atoms with Crippen LogP contribution in [-0.4, -0.2) is 75.1 Å². The van der Waals surface area contributed by atoms with Crippen LogP contribution in [-0.2, 0) is 25.8 Å². The first kappa shape index (κ1) is 33.4. The molecule has 0 bridgehead atoms. The number of hydrogen-bond donors (Lipinski definition) is 1. The molecule has 1 fully saturated rings. The van der Waals surface area contributed by atoms with E-state index in [-0.39, 0.29) is 61.7 Å². The molecule has 1 N–H and O–H groups in total. The molecule has 0 radical (unpaired) electrons. The average Bonchev–Trinajstić information content (AvgIpc) is 2.98. The number of piperazine rings is 1. The second kappa shape index (κ2) is 13.2. The fourth-order valence-electron chi connectivity index (χ4n) is 4.64. The van der Waals surface area contributed by atoms with Crippen LogP contribution in [0, 0.1) is 5.82 Å². The highest BCUT2D eigenvalue weighted by Crippen LogP contribution is 2.37. The number of benzene rings is 2. The third-order valence-corrected chi connectivity index (χ3v) is 8.69. The number of carbonyl (C=O) groups is 2. The zero-order chi connectivity index (χ0) is 33.1. The maximum Gasteiger partial charge on any atom is 0.416 e. The summed E-state index contributed by atoms with van der Waals surface area (Å²) < 4.78 is 112. The molecule has 0 spiro atoms. The zero-order valence-corrected chi connectivity index (χ0v) is 24.3. The molecule has 0 aliphatic carbocycles. The van der Waals surface area contributed by atoms with Crippen LogP contribution in [0.3, 0.4) is 0 Å². The maximum absolute atomic E-state index is 14.3. The van der Waals surface area contributed by atoms with Crippen molar-refractivity contribution in [3.05, 3.63) is 66.1 Å². The van der Waals surface area contributed by atoms with Crippen molar-refractivity contribution < 1.29 is 54.2 Å². The number of carbonyl (C=O) groups excluding carboxylic acids is 1. The van der Waals surface area contributed by atoms with Gasteiger partial charge < -0.3 is 19.6 Å². The number of pyridine rings is 1. The van der Waals surface area contributed by atoms with Gasteiger partial charge in [-0.1, -0.05) is 6.07 Å². The number of hydrogen-bond acceptors (Lipinski definition) is 7. The molecule has 17 heteroatoms. The molecule has 1 saturated heterocycles. The minimum absolute atomic E-state index is 0.00957. The van der Waals surface area contributed by atoms with Gasteiger partial charge in [-0.15, -0.1) is 0 Å². The van der Waals surface area contributed by atoms with Crippen LogP contribution in [0.4, 0.5) is 37.8 Å². The normalized spacial score (nSPS) is 14.0. The van der Waals surface area contributed by atoms with E-state index in [9.17, 15) is 44.3 Å². The van der Waals surface area contributed by atoms with E-state index >= 15 is 0 Å². The fourth-order valence-corrected chi connectivity index (χ4v) is 5.88. The van der Waals surface area contributed by atoms with E-state index in [0.717, 1.165) is 37.4 Å². The lowest BCUT2D eigenvalue weighted by Crippen LogP contribution is -2.49.